The molecule has 0 spiro atoms. The summed E-state index contributed by atoms with van der Waals surface area (Å²) in [5, 5.41) is 7.61. The summed E-state index contributed by atoms with van der Waals surface area (Å²) < 4.78 is 0. The molecule has 27 heavy (non-hydrogen) atoms. The Morgan fingerprint density at radius 3 is 0.963 bits per heavy atom. The maximum Gasteiger partial charge on any atom is 0.0817 e. The number of nitrogens with zero attached hydrogens (tertiary/aromatic N) is 1. The molecular weight excluding hydrogens is 328 g/mol. The van der Waals surface area contributed by atoms with Crippen LogP contribution in [-0.2, 0) is 0 Å². The van der Waals surface area contributed by atoms with Crippen LogP contribution in [0.4, 0.5) is 0 Å². The molecule has 0 amide bonds. The van der Waals surface area contributed by atoms with Crippen LogP contribution in [0.5, 0.6) is 0 Å². The third-order valence-electron chi connectivity index (χ3n) is 5.78. The zero-order valence-electron chi connectivity index (χ0n) is 19.1. The highest BCUT2D eigenvalue weighted by atomic mass is 15.1. The van der Waals surface area contributed by atoms with Gasteiger partial charge in [0.1, 0.15) is 0 Å². The summed E-state index contributed by atoms with van der Waals surface area (Å²) in [5.41, 5.74) is 0. The predicted octanol–water partition coefficient (Wildman–Crippen LogP) is 8.74. The van der Waals surface area contributed by atoms with Gasteiger partial charge in [0.25, 0.3) is 0 Å². The molecule has 162 valence electrons. The van der Waals surface area contributed by atoms with E-state index in [9.17, 15) is 0 Å². The summed E-state index contributed by atoms with van der Waals surface area (Å²) in [7, 11) is 0. The second-order valence-electron chi connectivity index (χ2n) is 8.53. The fraction of sp³-hybridized carbons (Fsp3) is 0.960. The number of nitrogens with one attached hydrogen (secondary N) is 1. The fourth-order valence-electron chi connectivity index (χ4n) is 3.85. The minimum absolute atomic E-state index is 1.09. The quantitative estimate of drug-likeness (QED) is 0.107. The van der Waals surface area contributed by atoms with Gasteiger partial charge < -0.3 is 4.90 Å². The largest absolute Gasteiger partial charge is 0.363 e. The molecular formula is C25H52N2. The van der Waals surface area contributed by atoms with E-state index in [-0.39, 0.29) is 0 Å². The molecule has 0 radical (unpaired) electrons. The molecule has 1 N–H and O–H groups in total. The summed E-state index contributed by atoms with van der Waals surface area (Å²) >= 11 is 0. The van der Waals surface area contributed by atoms with Crippen molar-refractivity contribution in [1.29, 1.82) is 5.41 Å². The maximum absolute atomic E-state index is 7.61. The lowest BCUT2D eigenvalue weighted by Crippen LogP contribution is -2.24. The van der Waals surface area contributed by atoms with Crippen LogP contribution in [0, 0.1) is 5.41 Å². The molecule has 0 fully saturated rings. The van der Waals surface area contributed by atoms with Gasteiger partial charge in [-0.3, -0.25) is 5.41 Å². The Morgan fingerprint density at radius 2 is 0.704 bits per heavy atom. The van der Waals surface area contributed by atoms with Crippen molar-refractivity contribution < 1.29 is 0 Å². The molecule has 0 rings (SSSR count). The van der Waals surface area contributed by atoms with E-state index in [0.717, 1.165) is 13.1 Å². The molecule has 0 aliphatic rings. The van der Waals surface area contributed by atoms with Gasteiger partial charge in [-0.25, -0.2) is 0 Å². The normalized spacial score (nSPS) is 11.0. The molecule has 2 heteroatoms. The van der Waals surface area contributed by atoms with E-state index in [1.54, 1.807) is 6.34 Å². The molecule has 0 aromatic heterocycles. The van der Waals surface area contributed by atoms with Crippen LogP contribution in [0.1, 0.15) is 142 Å². The van der Waals surface area contributed by atoms with Crippen molar-refractivity contribution in [1.82, 2.24) is 4.90 Å². The average Bonchev–Trinajstić information content (AvgIpc) is 2.69. The highest BCUT2D eigenvalue weighted by molar-refractivity contribution is 5.50. The molecule has 0 aliphatic heterocycles. The van der Waals surface area contributed by atoms with Crippen LogP contribution in [0.2, 0.25) is 0 Å². The zero-order valence-corrected chi connectivity index (χ0v) is 19.1. The lowest BCUT2D eigenvalue weighted by Gasteiger charge is -2.18. The minimum atomic E-state index is 1.09. The van der Waals surface area contributed by atoms with Crippen molar-refractivity contribution in [3.63, 3.8) is 0 Å². The first-order chi connectivity index (χ1) is 13.3. The van der Waals surface area contributed by atoms with Crippen molar-refractivity contribution in [3.8, 4) is 0 Å². The first-order valence-corrected chi connectivity index (χ1v) is 12.6. The van der Waals surface area contributed by atoms with Crippen molar-refractivity contribution in [2.24, 2.45) is 0 Å². The van der Waals surface area contributed by atoms with E-state index in [2.05, 4.69) is 18.7 Å². The molecule has 0 unspecified atom stereocenters. The van der Waals surface area contributed by atoms with Crippen molar-refractivity contribution in [3.05, 3.63) is 0 Å². The van der Waals surface area contributed by atoms with Crippen LogP contribution < -0.4 is 0 Å². The summed E-state index contributed by atoms with van der Waals surface area (Å²) in [5.74, 6) is 0. The second kappa shape index (κ2) is 23.5. The highest BCUT2D eigenvalue weighted by Gasteiger charge is 2.00. The van der Waals surface area contributed by atoms with E-state index in [1.165, 1.54) is 128 Å². The van der Waals surface area contributed by atoms with Gasteiger partial charge in [-0.1, -0.05) is 129 Å². The Labute approximate surface area is 172 Å². The SMILES string of the molecule is CCCCCCCCCCCCN(C=N)CCCCCCCCCCCC. The van der Waals surface area contributed by atoms with Crippen LogP contribution >= 0.6 is 0 Å². The monoisotopic (exact) mass is 380 g/mol. The summed E-state index contributed by atoms with van der Waals surface area (Å²) in [6.07, 6.45) is 29.4. The third-order valence-corrected chi connectivity index (χ3v) is 5.78. The minimum Gasteiger partial charge on any atom is -0.363 e. The van der Waals surface area contributed by atoms with Gasteiger partial charge >= 0.3 is 0 Å². The highest BCUT2D eigenvalue weighted by Crippen LogP contribution is 2.12. The van der Waals surface area contributed by atoms with E-state index in [1.807, 2.05) is 0 Å². The second-order valence-corrected chi connectivity index (χ2v) is 8.53. The first kappa shape index (κ1) is 26.5. The number of hydrogen-bond donors (Lipinski definition) is 1. The Kier molecular flexibility index (Phi) is 23.0. The lowest BCUT2D eigenvalue weighted by molar-refractivity contribution is 0.391. The summed E-state index contributed by atoms with van der Waals surface area (Å²) in [6.45, 7) is 6.76. The Hall–Kier alpha value is -0.530. The Balaban J connectivity index is 3.29. The van der Waals surface area contributed by atoms with Gasteiger partial charge in [0.2, 0.25) is 0 Å². The van der Waals surface area contributed by atoms with Crippen LogP contribution in [0.3, 0.4) is 0 Å². The van der Waals surface area contributed by atoms with Crippen molar-refractivity contribution in [2.45, 2.75) is 142 Å². The maximum atomic E-state index is 7.61. The van der Waals surface area contributed by atoms with Crippen LogP contribution in [0.25, 0.3) is 0 Å². The Bertz CT molecular complexity index is 253. The summed E-state index contributed by atoms with van der Waals surface area (Å²) in [6, 6.07) is 0. The molecule has 0 aromatic carbocycles. The van der Waals surface area contributed by atoms with E-state index in [0.29, 0.717) is 0 Å². The standard InChI is InChI=1S/C25H52N2/c1-3-5-7-9-11-13-15-17-19-21-23-27(25-26)24-22-20-18-16-14-12-10-8-6-4-2/h25-26H,3-24H2,1-2H3. The molecule has 0 bridgehead atoms. The molecule has 0 heterocycles. The number of unbranched alkanes of at least 4 members (excludes halogenated alkanes) is 18. The Morgan fingerprint density at radius 1 is 0.444 bits per heavy atom. The van der Waals surface area contributed by atoms with E-state index in [4.69, 9.17) is 5.41 Å². The summed E-state index contributed by atoms with van der Waals surface area (Å²) in [4.78, 5) is 2.23. The molecule has 0 saturated carbocycles. The van der Waals surface area contributed by atoms with Crippen LogP contribution in [0.15, 0.2) is 0 Å². The predicted molar refractivity (Wildman–Crippen MR) is 124 cm³/mol. The zero-order chi connectivity index (χ0) is 19.8. The average molecular weight is 381 g/mol. The number of rotatable bonds is 23. The van der Waals surface area contributed by atoms with Crippen LogP contribution in [-0.4, -0.2) is 24.3 Å². The van der Waals surface area contributed by atoms with Gasteiger partial charge in [-0.2, -0.15) is 0 Å². The topological polar surface area (TPSA) is 27.1 Å². The molecule has 0 aromatic rings. The molecule has 0 atom stereocenters. The van der Waals surface area contributed by atoms with E-state index >= 15 is 0 Å². The molecule has 0 saturated heterocycles. The van der Waals surface area contributed by atoms with Crippen molar-refractivity contribution in [2.75, 3.05) is 13.1 Å². The van der Waals surface area contributed by atoms with Gasteiger partial charge in [-0.15, -0.1) is 0 Å². The van der Waals surface area contributed by atoms with Gasteiger partial charge in [0.15, 0.2) is 0 Å². The fourth-order valence-corrected chi connectivity index (χ4v) is 3.85. The molecule has 0 aliphatic carbocycles. The smallest absolute Gasteiger partial charge is 0.0817 e. The van der Waals surface area contributed by atoms with Gasteiger partial charge in [0, 0.05) is 13.1 Å². The van der Waals surface area contributed by atoms with E-state index < -0.39 is 0 Å². The lowest BCUT2D eigenvalue weighted by atomic mass is 10.1. The van der Waals surface area contributed by atoms with Gasteiger partial charge in [-0.05, 0) is 12.8 Å². The van der Waals surface area contributed by atoms with Crippen molar-refractivity contribution >= 4 is 6.34 Å². The molecule has 2 nitrogen and oxygen atoms in total. The first-order valence-electron chi connectivity index (χ1n) is 12.6. The third kappa shape index (κ3) is 21.6. The van der Waals surface area contributed by atoms with Gasteiger partial charge in [0.05, 0.1) is 6.34 Å². The number of hydrogen-bond acceptors (Lipinski definition) is 1.